The summed E-state index contributed by atoms with van der Waals surface area (Å²) in [5.41, 5.74) is 0. The van der Waals surface area contributed by atoms with Gasteiger partial charge in [-0.15, -0.1) is 0 Å². The lowest BCUT2D eigenvalue weighted by molar-refractivity contribution is -0.161. The average Bonchev–Trinajstić information content (AvgIpc) is 0.939. The quantitative estimate of drug-likeness (QED) is 0.0222. The highest BCUT2D eigenvalue weighted by molar-refractivity contribution is 7.47. The number of carbonyl (C=O) groups excluding carboxylic acids is 4. The molecule has 0 aliphatic carbocycles. The predicted octanol–water partition coefficient (Wildman–Crippen LogP) is 25.5. The van der Waals surface area contributed by atoms with E-state index in [-0.39, 0.29) is 25.7 Å². The molecule has 19 heteroatoms. The minimum atomic E-state index is -4.96. The number of aliphatic hydroxyl groups excluding tert-OH is 1. The van der Waals surface area contributed by atoms with Gasteiger partial charge in [-0.1, -0.05) is 395 Å². The lowest BCUT2D eigenvalue weighted by Crippen LogP contribution is -2.30. The van der Waals surface area contributed by atoms with Crippen LogP contribution in [0.2, 0.25) is 0 Å². The van der Waals surface area contributed by atoms with Gasteiger partial charge in [0.15, 0.2) is 12.2 Å². The maximum absolute atomic E-state index is 13.1. The maximum atomic E-state index is 13.1. The Morgan fingerprint density at radius 3 is 0.660 bits per heavy atom. The number of rotatable bonds is 83. The summed E-state index contributed by atoms with van der Waals surface area (Å²) < 4.78 is 68.8. The molecule has 0 fully saturated rings. The molecular weight excluding hydrogens is 1340 g/mol. The van der Waals surface area contributed by atoms with E-state index in [1.807, 2.05) is 0 Å². The molecule has 0 aromatic rings. The topological polar surface area (TPSA) is 237 Å². The third kappa shape index (κ3) is 78.0. The smallest absolute Gasteiger partial charge is 0.462 e. The molecule has 103 heavy (non-hydrogen) atoms. The largest absolute Gasteiger partial charge is 0.472 e. The number of hydrogen-bond acceptors (Lipinski definition) is 15. The van der Waals surface area contributed by atoms with Gasteiger partial charge in [-0.2, -0.15) is 0 Å². The second kappa shape index (κ2) is 75.5. The van der Waals surface area contributed by atoms with E-state index in [1.165, 1.54) is 257 Å². The molecule has 0 aromatic heterocycles. The van der Waals surface area contributed by atoms with Crippen molar-refractivity contribution in [1.82, 2.24) is 0 Å². The highest BCUT2D eigenvalue weighted by atomic mass is 31.2. The number of aliphatic hydroxyl groups is 1. The second-order valence-electron chi connectivity index (χ2n) is 31.2. The number of hydrogen-bond donors (Lipinski definition) is 3. The second-order valence-corrected chi connectivity index (χ2v) is 34.1. The zero-order valence-corrected chi connectivity index (χ0v) is 69.4. The summed E-state index contributed by atoms with van der Waals surface area (Å²) in [6.45, 7) is 9.63. The van der Waals surface area contributed by atoms with Crippen molar-refractivity contribution in [2.75, 3.05) is 39.6 Å². The zero-order valence-electron chi connectivity index (χ0n) is 67.6. The highest BCUT2D eigenvalue weighted by Gasteiger charge is 2.30. The summed E-state index contributed by atoms with van der Waals surface area (Å²) in [6, 6.07) is 0. The summed E-state index contributed by atoms with van der Waals surface area (Å²) in [5.74, 6) is -0.581. The molecule has 5 atom stereocenters. The first-order valence-electron chi connectivity index (χ1n) is 43.5. The Bertz CT molecular complexity index is 1980. The normalized spacial score (nSPS) is 13.9. The number of unbranched alkanes of at least 4 members (excludes halogenated alkanes) is 53. The molecule has 0 bridgehead atoms. The van der Waals surface area contributed by atoms with Crippen molar-refractivity contribution >= 4 is 39.5 Å². The molecule has 0 aliphatic rings. The van der Waals surface area contributed by atoms with Crippen LogP contribution in [0.15, 0.2) is 0 Å². The molecule has 0 saturated carbocycles. The maximum Gasteiger partial charge on any atom is 0.472 e. The van der Waals surface area contributed by atoms with Gasteiger partial charge in [0.25, 0.3) is 0 Å². The van der Waals surface area contributed by atoms with Gasteiger partial charge >= 0.3 is 39.5 Å². The Morgan fingerprint density at radius 1 is 0.262 bits per heavy atom. The first-order chi connectivity index (χ1) is 49.9. The van der Waals surface area contributed by atoms with Gasteiger partial charge in [0.1, 0.15) is 19.3 Å². The fourth-order valence-electron chi connectivity index (χ4n) is 13.1. The SMILES string of the molecule is CCCCCCCCCCCCCCCCCCCCCCC(=O)OC[C@H](COP(=O)(O)OC[C@@H](O)COP(=O)(O)OC[C@@H](COC(=O)CCCCCCCCCC(C)C)OC(=O)CCCCCCCCCCCCCC)OC(=O)CCCCCCCCCCCCCCCCCCCCC(C)C. The van der Waals surface area contributed by atoms with Crippen LogP contribution in [0, 0.1) is 11.8 Å². The molecule has 0 rings (SSSR count). The minimum Gasteiger partial charge on any atom is -0.462 e. The van der Waals surface area contributed by atoms with Crippen molar-refractivity contribution in [1.29, 1.82) is 0 Å². The van der Waals surface area contributed by atoms with Gasteiger partial charge in [-0.3, -0.25) is 37.3 Å². The molecule has 0 saturated heterocycles. The van der Waals surface area contributed by atoms with E-state index in [2.05, 4.69) is 41.5 Å². The Kier molecular flexibility index (Phi) is 74.1. The standard InChI is InChI=1S/C84H164O17P2/c1-7-9-11-13-15-17-19-21-22-23-24-25-29-32-35-39-42-48-54-60-66-81(86)94-72-79(100-84(89)69-63-57-50-44-40-36-33-30-27-26-28-31-34-37-41-46-52-58-64-76(3)4)74-98-102(90,91)96-70-78(85)71-97-103(92,93)99-75-80(73-95-82(87)67-61-55-51-45-47-53-59-65-77(5)6)101-83(88)68-62-56-49-43-38-20-18-16-14-12-10-8-2/h76-80,85H,7-75H2,1-6H3,(H,90,91)(H,92,93)/t78-,79-,80-/m1/s1. The Balaban J connectivity index is 5.20. The fourth-order valence-corrected chi connectivity index (χ4v) is 14.6. The molecule has 0 aliphatic heterocycles. The number of phosphoric ester groups is 2. The molecule has 0 aromatic carbocycles. The summed E-state index contributed by atoms with van der Waals surface area (Å²) in [4.78, 5) is 73.1. The Hall–Kier alpha value is -1.94. The van der Waals surface area contributed by atoms with Gasteiger partial charge in [0, 0.05) is 25.7 Å². The number of carbonyl (C=O) groups is 4. The first-order valence-corrected chi connectivity index (χ1v) is 46.5. The minimum absolute atomic E-state index is 0.107. The van der Waals surface area contributed by atoms with Crippen molar-refractivity contribution in [2.45, 2.75) is 464 Å². The van der Waals surface area contributed by atoms with Crippen molar-refractivity contribution in [3.05, 3.63) is 0 Å². The van der Waals surface area contributed by atoms with Gasteiger partial charge in [0.05, 0.1) is 26.4 Å². The lowest BCUT2D eigenvalue weighted by atomic mass is 10.0. The van der Waals surface area contributed by atoms with Crippen LogP contribution in [-0.2, 0) is 65.4 Å². The van der Waals surface area contributed by atoms with Gasteiger partial charge in [0.2, 0.25) is 0 Å². The van der Waals surface area contributed by atoms with Crippen LogP contribution in [0.3, 0.4) is 0 Å². The van der Waals surface area contributed by atoms with Crippen LogP contribution in [0.25, 0.3) is 0 Å². The Morgan fingerprint density at radius 2 is 0.447 bits per heavy atom. The van der Waals surface area contributed by atoms with E-state index in [4.69, 9.17) is 37.0 Å². The summed E-state index contributed by atoms with van der Waals surface area (Å²) in [5, 5.41) is 10.7. The molecule has 612 valence electrons. The van der Waals surface area contributed by atoms with Crippen LogP contribution >= 0.6 is 15.6 Å². The molecule has 0 heterocycles. The van der Waals surface area contributed by atoms with Crippen LogP contribution in [-0.4, -0.2) is 96.7 Å². The molecule has 3 N–H and O–H groups in total. The zero-order chi connectivity index (χ0) is 75.6. The summed E-state index contributed by atoms with van der Waals surface area (Å²) in [6.07, 6.45) is 66.8. The average molecular weight is 1510 g/mol. The Labute approximate surface area is 632 Å². The summed E-state index contributed by atoms with van der Waals surface area (Å²) in [7, 11) is -9.92. The third-order valence-electron chi connectivity index (χ3n) is 19.7. The van der Waals surface area contributed by atoms with Crippen LogP contribution in [0.4, 0.5) is 0 Å². The van der Waals surface area contributed by atoms with Crippen LogP contribution in [0.1, 0.15) is 446 Å². The summed E-state index contributed by atoms with van der Waals surface area (Å²) >= 11 is 0. The van der Waals surface area contributed by atoms with Crippen LogP contribution in [0.5, 0.6) is 0 Å². The van der Waals surface area contributed by atoms with Crippen molar-refractivity contribution < 1.29 is 80.2 Å². The van der Waals surface area contributed by atoms with Gasteiger partial charge < -0.3 is 33.8 Å². The van der Waals surface area contributed by atoms with E-state index in [9.17, 15) is 43.2 Å². The van der Waals surface area contributed by atoms with Crippen molar-refractivity contribution in [3.63, 3.8) is 0 Å². The molecule has 0 radical (unpaired) electrons. The first kappa shape index (κ1) is 101. The van der Waals surface area contributed by atoms with E-state index in [1.54, 1.807) is 0 Å². The number of ether oxygens (including phenoxy) is 4. The monoisotopic (exact) mass is 1510 g/mol. The predicted molar refractivity (Wildman–Crippen MR) is 423 cm³/mol. The molecule has 2 unspecified atom stereocenters. The van der Waals surface area contributed by atoms with E-state index in [0.717, 1.165) is 102 Å². The molecular formula is C84H164O17P2. The molecule has 0 amide bonds. The number of esters is 4. The molecule has 17 nitrogen and oxygen atoms in total. The van der Waals surface area contributed by atoms with Crippen molar-refractivity contribution in [2.24, 2.45) is 11.8 Å². The van der Waals surface area contributed by atoms with Crippen LogP contribution < -0.4 is 0 Å². The highest BCUT2D eigenvalue weighted by Crippen LogP contribution is 2.45. The number of phosphoric acid groups is 2. The molecule has 0 spiro atoms. The van der Waals surface area contributed by atoms with Gasteiger partial charge in [-0.05, 0) is 37.5 Å². The third-order valence-corrected chi connectivity index (χ3v) is 21.6. The lowest BCUT2D eigenvalue weighted by Gasteiger charge is -2.21. The fraction of sp³-hybridized carbons (Fsp3) is 0.952. The van der Waals surface area contributed by atoms with Gasteiger partial charge in [-0.25, -0.2) is 9.13 Å². The van der Waals surface area contributed by atoms with Crippen molar-refractivity contribution in [3.8, 4) is 0 Å². The van der Waals surface area contributed by atoms with E-state index >= 15 is 0 Å². The van der Waals surface area contributed by atoms with E-state index < -0.39 is 97.5 Å². The van der Waals surface area contributed by atoms with E-state index in [0.29, 0.717) is 31.6 Å².